The van der Waals surface area contributed by atoms with Crippen LogP contribution in [0.15, 0.2) is 0 Å². The normalized spacial score (nSPS) is 22.4. The van der Waals surface area contributed by atoms with Crippen LogP contribution in [0.25, 0.3) is 0 Å². The third-order valence-electron chi connectivity index (χ3n) is 3.19. The fourth-order valence-electron chi connectivity index (χ4n) is 2.06. The second-order valence-electron chi connectivity index (χ2n) is 4.47. The SMILES string of the molecule is O=C(CNS(=O)(=O)N1CCOCC1)N1CCNCC1. The summed E-state index contributed by atoms with van der Waals surface area (Å²) in [5.74, 6) is -0.182. The molecule has 0 aromatic heterocycles. The van der Waals surface area contributed by atoms with Crippen molar-refractivity contribution in [1.82, 2.24) is 19.2 Å². The van der Waals surface area contributed by atoms with Crippen molar-refractivity contribution < 1.29 is 17.9 Å². The molecule has 8 nitrogen and oxygen atoms in total. The number of nitrogens with zero attached hydrogens (tertiary/aromatic N) is 2. The fourth-order valence-corrected chi connectivity index (χ4v) is 3.18. The van der Waals surface area contributed by atoms with Crippen molar-refractivity contribution in [2.24, 2.45) is 0 Å². The Bertz CT molecular complexity index is 402. The molecule has 0 aliphatic carbocycles. The molecule has 0 radical (unpaired) electrons. The minimum atomic E-state index is -3.58. The van der Waals surface area contributed by atoms with Crippen LogP contribution >= 0.6 is 0 Å². The van der Waals surface area contributed by atoms with Crippen molar-refractivity contribution in [2.45, 2.75) is 0 Å². The van der Waals surface area contributed by atoms with Gasteiger partial charge in [0.25, 0.3) is 10.2 Å². The zero-order valence-corrected chi connectivity index (χ0v) is 11.6. The van der Waals surface area contributed by atoms with Gasteiger partial charge in [0.1, 0.15) is 0 Å². The molecule has 2 fully saturated rings. The second-order valence-corrected chi connectivity index (χ2v) is 6.22. The molecule has 2 N–H and O–H groups in total. The molecule has 0 spiro atoms. The maximum absolute atomic E-state index is 11.9. The summed E-state index contributed by atoms with van der Waals surface area (Å²) in [5, 5.41) is 3.14. The van der Waals surface area contributed by atoms with E-state index < -0.39 is 10.2 Å². The van der Waals surface area contributed by atoms with Crippen LogP contribution in [0.5, 0.6) is 0 Å². The Balaban J connectivity index is 1.81. The Morgan fingerprint density at radius 3 is 2.42 bits per heavy atom. The van der Waals surface area contributed by atoms with Gasteiger partial charge in [-0.3, -0.25) is 4.79 Å². The van der Waals surface area contributed by atoms with Crippen LogP contribution in [0.2, 0.25) is 0 Å². The number of nitrogens with one attached hydrogen (secondary N) is 2. The van der Waals surface area contributed by atoms with Crippen LogP contribution in [-0.2, 0) is 19.7 Å². The highest BCUT2D eigenvalue weighted by Crippen LogP contribution is 2.02. The zero-order valence-electron chi connectivity index (χ0n) is 10.8. The summed E-state index contributed by atoms with van der Waals surface area (Å²) < 4.78 is 32.7. The quantitative estimate of drug-likeness (QED) is 0.602. The molecule has 0 atom stereocenters. The minimum Gasteiger partial charge on any atom is -0.379 e. The topological polar surface area (TPSA) is 91.0 Å². The summed E-state index contributed by atoms with van der Waals surface area (Å²) in [5.41, 5.74) is 0. The lowest BCUT2D eigenvalue weighted by Gasteiger charge is -2.29. The number of hydrogen-bond donors (Lipinski definition) is 2. The average Bonchev–Trinajstić information content (AvgIpc) is 2.47. The number of carbonyl (C=O) groups is 1. The van der Waals surface area contributed by atoms with E-state index in [1.807, 2.05) is 0 Å². The number of carbonyl (C=O) groups excluding carboxylic acids is 1. The third-order valence-corrected chi connectivity index (χ3v) is 4.74. The number of amides is 1. The monoisotopic (exact) mass is 292 g/mol. The molecule has 9 heteroatoms. The van der Waals surface area contributed by atoms with E-state index in [0.717, 1.165) is 13.1 Å². The lowest BCUT2D eigenvalue weighted by molar-refractivity contribution is -0.130. The smallest absolute Gasteiger partial charge is 0.280 e. The standard InChI is InChI=1S/C10H20N4O4S/c15-10(13-3-1-11-2-4-13)9-12-19(16,17)14-5-7-18-8-6-14/h11-12H,1-9H2. The highest BCUT2D eigenvalue weighted by Gasteiger charge is 2.25. The molecule has 2 saturated heterocycles. The van der Waals surface area contributed by atoms with Gasteiger partial charge in [0.2, 0.25) is 5.91 Å². The predicted octanol–water partition coefficient (Wildman–Crippen LogP) is -2.42. The summed E-state index contributed by atoms with van der Waals surface area (Å²) >= 11 is 0. The van der Waals surface area contributed by atoms with Gasteiger partial charge in [-0.25, -0.2) is 0 Å². The molecule has 2 aliphatic rings. The molecule has 2 rings (SSSR count). The Kier molecular flexibility index (Phi) is 5.11. The minimum absolute atomic E-state index is 0.181. The zero-order chi connectivity index (χ0) is 13.7. The number of hydrogen-bond acceptors (Lipinski definition) is 5. The van der Waals surface area contributed by atoms with E-state index in [0.29, 0.717) is 39.4 Å². The molecule has 1 amide bonds. The van der Waals surface area contributed by atoms with E-state index in [1.165, 1.54) is 4.31 Å². The van der Waals surface area contributed by atoms with Crippen LogP contribution in [0.4, 0.5) is 0 Å². The van der Waals surface area contributed by atoms with E-state index in [9.17, 15) is 13.2 Å². The molecule has 2 aliphatic heterocycles. The molecular weight excluding hydrogens is 272 g/mol. The van der Waals surface area contributed by atoms with Gasteiger partial charge in [-0.1, -0.05) is 0 Å². The number of rotatable bonds is 4. The van der Waals surface area contributed by atoms with Crippen LogP contribution in [0, 0.1) is 0 Å². The largest absolute Gasteiger partial charge is 0.379 e. The summed E-state index contributed by atoms with van der Waals surface area (Å²) in [6.45, 7) is 4.02. The first-order valence-electron chi connectivity index (χ1n) is 6.40. The van der Waals surface area contributed by atoms with Gasteiger partial charge >= 0.3 is 0 Å². The Labute approximate surface area is 113 Å². The van der Waals surface area contributed by atoms with Crippen LogP contribution < -0.4 is 10.0 Å². The Hall–Kier alpha value is -0.740. The van der Waals surface area contributed by atoms with Crippen molar-refractivity contribution in [3.63, 3.8) is 0 Å². The molecule has 0 aromatic rings. The highest BCUT2D eigenvalue weighted by molar-refractivity contribution is 7.87. The van der Waals surface area contributed by atoms with Gasteiger partial charge in [0.05, 0.1) is 19.8 Å². The van der Waals surface area contributed by atoms with Crippen LogP contribution in [-0.4, -0.2) is 82.6 Å². The van der Waals surface area contributed by atoms with Crippen LogP contribution in [0.1, 0.15) is 0 Å². The van der Waals surface area contributed by atoms with Crippen molar-refractivity contribution in [3.8, 4) is 0 Å². The van der Waals surface area contributed by atoms with E-state index in [-0.39, 0.29) is 12.5 Å². The van der Waals surface area contributed by atoms with Crippen molar-refractivity contribution in [3.05, 3.63) is 0 Å². The van der Waals surface area contributed by atoms with Gasteiger partial charge in [0.15, 0.2) is 0 Å². The lowest BCUT2D eigenvalue weighted by Crippen LogP contribution is -2.52. The first kappa shape index (κ1) is 14.7. The maximum Gasteiger partial charge on any atom is 0.280 e. The molecule has 0 unspecified atom stereocenters. The molecule has 0 aromatic carbocycles. The van der Waals surface area contributed by atoms with Crippen molar-refractivity contribution in [1.29, 1.82) is 0 Å². The van der Waals surface area contributed by atoms with Gasteiger partial charge in [-0.15, -0.1) is 0 Å². The number of ether oxygens (including phenoxy) is 1. The van der Waals surface area contributed by atoms with E-state index in [1.54, 1.807) is 4.90 Å². The summed E-state index contributed by atoms with van der Waals surface area (Å²) in [7, 11) is -3.58. The van der Waals surface area contributed by atoms with Gasteiger partial charge in [0, 0.05) is 39.3 Å². The van der Waals surface area contributed by atoms with E-state index >= 15 is 0 Å². The number of morpholine rings is 1. The van der Waals surface area contributed by atoms with E-state index in [4.69, 9.17) is 4.74 Å². The predicted molar refractivity (Wildman–Crippen MR) is 68.8 cm³/mol. The van der Waals surface area contributed by atoms with Crippen LogP contribution in [0.3, 0.4) is 0 Å². The third kappa shape index (κ3) is 4.11. The van der Waals surface area contributed by atoms with Gasteiger partial charge < -0.3 is 15.0 Å². The Morgan fingerprint density at radius 2 is 1.79 bits per heavy atom. The maximum atomic E-state index is 11.9. The number of piperazine rings is 1. The fraction of sp³-hybridized carbons (Fsp3) is 0.900. The van der Waals surface area contributed by atoms with Crippen molar-refractivity contribution >= 4 is 16.1 Å². The Morgan fingerprint density at radius 1 is 1.16 bits per heavy atom. The molecule has 0 saturated carbocycles. The van der Waals surface area contributed by atoms with E-state index in [2.05, 4.69) is 10.0 Å². The van der Waals surface area contributed by atoms with Gasteiger partial charge in [-0.2, -0.15) is 17.4 Å². The van der Waals surface area contributed by atoms with Crippen molar-refractivity contribution in [2.75, 3.05) is 59.0 Å². The summed E-state index contributed by atoms with van der Waals surface area (Å²) in [4.78, 5) is 13.5. The second kappa shape index (κ2) is 6.62. The average molecular weight is 292 g/mol. The first-order chi connectivity index (χ1) is 9.09. The molecule has 0 bridgehead atoms. The van der Waals surface area contributed by atoms with Gasteiger partial charge in [-0.05, 0) is 0 Å². The highest BCUT2D eigenvalue weighted by atomic mass is 32.2. The lowest BCUT2D eigenvalue weighted by atomic mass is 10.3. The summed E-state index contributed by atoms with van der Waals surface area (Å²) in [6.07, 6.45) is 0. The first-order valence-corrected chi connectivity index (χ1v) is 7.84. The molecule has 2 heterocycles. The molecular formula is C10H20N4O4S. The summed E-state index contributed by atoms with van der Waals surface area (Å²) in [6, 6.07) is 0. The molecule has 19 heavy (non-hydrogen) atoms. The molecule has 110 valence electrons.